The number of carbonyl (C=O) groups is 1. The Morgan fingerprint density at radius 2 is 1.89 bits per heavy atom. The van der Waals surface area contributed by atoms with E-state index in [-0.39, 0.29) is 18.4 Å². The lowest BCUT2D eigenvalue weighted by Gasteiger charge is -2.39. The van der Waals surface area contributed by atoms with Crippen LogP contribution >= 0.6 is 0 Å². The molecule has 0 radical (unpaired) electrons. The zero-order chi connectivity index (χ0) is 27.4. The molecule has 9 heteroatoms. The maximum atomic E-state index is 12.9. The predicted molar refractivity (Wildman–Crippen MR) is 145 cm³/mol. The van der Waals surface area contributed by atoms with Crippen LogP contribution in [0.25, 0.3) is 0 Å². The van der Waals surface area contributed by atoms with Gasteiger partial charge in [-0.1, -0.05) is 19.9 Å². The number of hydrogen-bond donors (Lipinski definition) is 3. The van der Waals surface area contributed by atoms with E-state index in [4.69, 9.17) is 24.7 Å². The first-order chi connectivity index (χ1) is 17.6. The highest BCUT2D eigenvalue weighted by molar-refractivity contribution is 5.85. The molecule has 1 saturated heterocycles. The van der Waals surface area contributed by atoms with Crippen molar-refractivity contribution < 1.29 is 28.8 Å². The van der Waals surface area contributed by atoms with Gasteiger partial charge in [-0.2, -0.15) is 0 Å². The third-order valence-corrected chi connectivity index (χ3v) is 7.32. The van der Waals surface area contributed by atoms with Crippen molar-refractivity contribution in [2.24, 2.45) is 17.6 Å². The summed E-state index contributed by atoms with van der Waals surface area (Å²) in [6.07, 6.45) is 1.40. The summed E-state index contributed by atoms with van der Waals surface area (Å²) in [5.74, 6) is 1.91. The molecule has 1 aromatic rings. The van der Waals surface area contributed by atoms with Crippen molar-refractivity contribution in [2.75, 3.05) is 60.3 Å². The molecular formula is C28H49N3O6. The zero-order valence-corrected chi connectivity index (χ0v) is 23.6. The number of nitrogens with two attached hydrogens (primary N) is 1. The number of nitrogens with zero attached hydrogens (tertiary/aromatic N) is 1. The Balaban J connectivity index is 1.94. The van der Waals surface area contributed by atoms with E-state index in [0.29, 0.717) is 63.4 Å². The van der Waals surface area contributed by atoms with Gasteiger partial charge in [0, 0.05) is 45.8 Å². The van der Waals surface area contributed by atoms with Crippen molar-refractivity contribution in [3.63, 3.8) is 0 Å². The first-order valence-electron chi connectivity index (χ1n) is 13.4. The normalized spacial score (nSPS) is 17.3. The maximum Gasteiger partial charge on any atom is 0.240 e. The number of carbonyl (C=O) groups excluding carboxylic acids is 1. The molecule has 1 aliphatic heterocycles. The van der Waals surface area contributed by atoms with Crippen molar-refractivity contribution in [2.45, 2.75) is 64.6 Å². The minimum Gasteiger partial charge on any atom is -0.493 e. The summed E-state index contributed by atoms with van der Waals surface area (Å²) in [5.41, 5.74) is 6.89. The molecule has 1 aromatic carbocycles. The van der Waals surface area contributed by atoms with Gasteiger partial charge in [0.05, 0.1) is 38.6 Å². The number of methoxy groups -OCH3 is 2. The molecule has 1 aliphatic rings. The Morgan fingerprint density at radius 1 is 1.19 bits per heavy atom. The van der Waals surface area contributed by atoms with E-state index in [1.165, 1.54) is 0 Å². The number of amides is 1. The van der Waals surface area contributed by atoms with Gasteiger partial charge in [-0.05, 0) is 56.2 Å². The molecule has 1 fully saturated rings. The molecule has 0 aliphatic carbocycles. The summed E-state index contributed by atoms with van der Waals surface area (Å²) in [4.78, 5) is 15.0. The highest BCUT2D eigenvalue weighted by Crippen LogP contribution is 2.31. The predicted octanol–water partition coefficient (Wildman–Crippen LogP) is 2.23. The molecule has 0 bridgehead atoms. The molecular weight excluding hydrogens is 474 g/mol. The van der Waals surface area contributed by atoms with Gasteiger partial charge in [0.1, 0.15) is 0 Å². The van der Waals surface area contributed by atoms with Crippen molar-refractivity contribution in [1.82, 2.24) is 10.2 Å². The number of rotatable bonds is 16. The molecule has 0 spiro atoms. The molecule has 1 heterocycles. The fourth-order valence-corrected chi connectivity index (χ4v) is 4.58. The van der Waals surface area contributed by atoms with E-state index in [1.807, 2.05) is 32.0 Å². The van der Waals surface area contributed by atoms with Crippen LogP contribution in [0.15, 0.2) is 18.2 Å². The molecule has 37 heavy (non-hydrogen) atoms. The van der Waals surface area contributed by atoms with Crippen LogP contribution in [0, 0.1) is 11.8 Å². The van der Waals surface area contributed by atoms with Crippen LogP contribution in [0.1, 0.15) is 46.1 Å². The van der Waals surface area contributed by atoms with E-state index >= 15 is 0 Å². The van der Waals surface area contributed by atoms with Gasteiger partial charge >= 0.3 is 0 Å². The molecule has 3 atom stereocenters. The minimum absolute atomic E-state index is 0.114. The van der Waals surface area contributed by atoms with Gasteiger partial charge in [-0.25, -0.2) is 0 Å². The number of hydrogen-bond acceptors (Lipinski definition) is 8. The second-order valence-corrected chi connectivity index (χ2v) is 10.7. The standard InChI is InChI=1S/C28H49N3O6/c1-20(2)22(16-21-8-9-25(35-6)26(17-21)37-13-7-12-34-5)18-23(29)24(32)19-30-27(33)28(3,4)31-10-14-36-15-11-31/h8-9,17,20,22-24,32H,7,10-16,18-19,29H2,1-6H3,(H,30,33). The van der Waals surface area contributed by atoms with Gasteiger partial charge in [0.15, 0.2) is 11.5 Å². The maximum absolute atomic E-state index is 12.9. The summed E-state index contributed by atoms with van der Waals surface area (Å²) < 4.78 is 21.9. The average molecular weight is 524 g/mol. The smallest absolute Gasteiger partial charge is 0.240 e. The third-order valence-electron chi connectivity index (χ3n) is 7.32. The second-order valence-electron chi connectivity index (χ2n) is 10.7. The molecule has 3 unspecified atom stereocenters. The van der Waals surface area contributed by atoms with Crippen LogP contribution in [0.3, 0.4) is 0 Å². The first-order valence-corrected chi connectivity index (χ1v) is 13.4. The van der Waals surface area contributed by atoms with E-state index in [1.54, 1.807) is 14.2 Å². The molecule has 2 rings (SSSR count). The number of aliphatic hydroxyl groups is 1. The Bertz CT molecular complexity index is 813. The Kier molecular flexibility index (Phi) is 13.1. The van der Waals surface area contributed by atoms with Crippen LogP contribution in [-0.4, -0.2) is 93.9 Å². The van der Waals surface area contributed by atoms with Gasteiger partial charge in [0.2, 0.25) is 5.91 Å². The average Bonchev–Trinajstić information content (AvgIpc) is 2.89. The van der Waals surface area contributed by atoms with E-state index in [9.17, 15) is 9.90 Å². The molecule has 212 valence electrons. The number of benzene rings is 1. The third kappa shape index (κ3) is 9.72. The number of morpholine rings is 1. The lowest BCUT2D eigenvalue weighted by molar-refractivity contribution is -0.135. The van der Waals surface area contributed by atoms with Crippen LogP contribution in [-0.2, 0) is 20.7 Å². The fourth-order valence-electron chi connectivity index (χ4n) is 4.58. The van der Waals surface area contributed by atoms with Crippen molar-refractivity contribution in [3.8, 4) is 11.5 Å². The SMILES string of the molecule is COCCCOc1cc(CC(CC(N)C(O)CNC(=O)C(C)(C)N2CCOCC2)C(C)C)ccc1OC. The summed E-state index contributed by atoms with van der Waals surface area (Å²) in [7, 11) is 3.31. The summed E-state index contributed by atoms with van der Waals surface area (Å²) in [6.45, 7) is 12.1. The van der Waals surface area contributed by atoms with Crippen molar-refractivity contribution >= 4 is 5.91 Å². The monoisotopic (exact) mass is 523 g/mol. The van der Waals surface area contributed by atoms with E-state index < -0.39 is 17.7 Å². The first kappa shape index (κ1) is 31.3. The molecule has 9 nitrogen and oxygen atoms in total. The highest BCUT2D eigenvalue weighted by Gasteiger charge is 2.35. The summed E-state index contributed by atoms with van der Waals surface area (Å²) >= 11 is 0. The summed E-state index contributed by atoms with van der Waals surface area (Å²) in [6, 6.07) is 5.55. The largest absolute Gasteiger partial charge is 0.493 e. The zero-order valence-electron chi connectivity index (χ0n) is 23.6. The Morgan fingerprint density at radius 3 is 2.51 bits per heavy atom. The molecule has 1 amide bonds. The van der Waals surface area contributed by atoms with Crippen molar-refractivity contribution in [3.05, 3.63) is 23.8 Å². The number of nitrogens with one attached hydrogen (secondary N) is 1. The van der Waals surface area contributed by atoms with Crippen LogP contribution in [0.5, 0.6) is 11.5 Å². The van der Waals surface area contributed by atoms with Gasteiger partial charge < -0.3 is 35.1 Å². The quantitative estimate of drug-likeness (QED) is 0.283. The number of aliphatic hydroxyl groups excluding tert-OH is 1. The fraction of sp³-hybridized carbons (Fsp3) is 0.750. The molecule has 0 aromatic heterocycles. The van der Waals surface area contributed by atoms with E-state index in [2.05, 4.69) is 24.1 Å². The van der Waals surface area contributed by atoms with Crippen LogP contribution < -0.4 is 20.5 Å². The van der Waals surface area contributed by atoms with E-state index in [0.717, 1.165) is 18.4 Å². The second kappa shape index (κ2) is 15.5. The molecule has 4 N–H and O–H groups in total. The topological polar surface area (TPSA) is 116 Å². The van der Waals surface area contributed by atoms with Crippen LogP contribution in [0.4, 0.5) is 0 Å². The van der Waals surface area contributed by atoms with Gasteiger partial charge in [-0.3, -0.25) is 9.69 Å². The highest BCUT2D eigenvalue weighted by atomic mass is 16.5. The summed E-state index contributed by atoms with van der Waals surface area (Å²) in [5, 5.41) is 13.7. The number of ether oxygens (including phenoxy) is 4. The lowest BCUT2D eigenvalue weighted by atomic mass is 9.83. The van der Waals surface area contributed by atoms with Crippen LogP contribution in [0.2, 0.25) is 0 Å². The van der Waals surface area contributed by atoms with Crippen molar-refractivity contribution in [1.29, 1.82) is 0 Å². The Hall–Kier alpha value is -1.91. The molecule has 0 saturated carbocycles. The van der Waals surface area contributed by atoms with Gasteiger partial charge in [0.25, 0.3) is 0 Å². The minimum atomic E-state index is -0.832. The lowest BCUT2D eigenvalue weighted by Crippen LogP contribution is -2.59. The van der Waals surface area contributed by atoms with Gasteiger partial charge in [-0.15, -0.1) is 0 Å². The Labute approximate surface area is 223 Å².